The first-order chi connectivity index (χ1) is 15.3. The minimum atomic E-state index is -0.388. The number of aliphatic imine (C=N–C) groups is 1. The molecule has 1 unspecified atom stereocenters. The maximum absolute atomic E-state index is 12.8. The normalized spacial score (nSPS) is 17.9. The van der Waals surface area contributed by atoms with Crippen LogP contribution >= 0.6 is 11.6 Å². The number of imide groups is 1. The van der Waals surface area contributed by atoms with Gasteiger partial charge in [-0.3, -0.25) is 4.79 Å². The van der Waals surface area contributed by atoms with Crippen molar-refractivity contribution in [2.75, 3.05) is 40.0 Å². The monoisotopic (exact) mass is 465 g/mol. The molecule has 3 N–H and O–H groups in total. The molecule has 1 aliphatic heterocycles. The smallest absolute Gasteiger partial charge is 0.430 e. The molecule has 0 saturated carbocycles. The Balaban J connectivity index is 2.41. The Bertz CT molecular complexity index is 909. The highest BCUT2D eigenvalue weighted by Gasteiger charge is 2.40. The highest BCUT2D eigenvalue weighted by atomic mass is 35.5. The van der Waals surface area contributed by atoms with Gasteiger partial charge in [0.2, 0.25) is 11.7 Å². The quantitative estimate of drug-likeness (QED) is 0.247. The third-order valence-corrected chi connectivity index (χ3v) is 5.13. The molecule has 8 nitrogen and oxygen atoms in total. The second-order valence-corrected chi connectivity index (χ2v) is 7.74. The van der Waals surface area contributed by atoms with E-state index in [2.05, 4.69) is 4.99 Å². The van der Waals surface area contributed by atoms with E-state index in [1.54, 1.807) is 26.1 Å². The lowest BCUT2D eigenvalue weighted by molar-refractivity contribution is -0.755. The zero-order valence-corrected chi connectivity index (χ0v) is 19.8. The molecule has 2 rings (SSSR count). The Morgan fingerprint density at radius 3 is 2.56 bits per heavy atom. The van der Waals surface area contributed by atoms with Crippen molar-refractivity contribution >= 4 is 35.5 Å². The van der Waals surface area contributed by atoms with E-state index < -0.39 is 0 Å². The maximum atomic E-state index is 12.8. The summed E-state index contributed by atoms with van der Waals surface area (Å²) < 4.78 is 11.2. The Morgan fingerprint density at radius 1 is 1.25 bits per heavy atom. The van der Waals surface area contributed by atoms with Crippen molar-refractivity contribution in [2.24, 2.45) is 4.99 Å². The summed E-state index contributed by atoms with van der Waals surface area (Å²) >= 11 is 5.97. The van der Waals surface area contributed by atoms with Crippen LogP contribution in [0.1, 0.15) is 32.8 Å². The molecule has 0 saturated heterocycles. The lowest BCUT2D eigenvalue weighted by Gasteiger charge is -2.27. The van der Waals surface area contributed by atoms with Gasteiger partial charge in [0, 0.05) is 30.2 Å². The number of benzene rings is 1. The molecule has 3 amide bonds. The van der Waals surface area contributed by atoms with Crippen LogP contribution in [0.3, 0.4) is 0 Å². The number of carbonyl (C=O) groups is 2. The molecular formula is C23H32ClN3O5+2. The highest BCUT2D eigenvalue weighted by molar-refractivity contribution is 6.30. The van der Waals surface area contributed by atoms with Crippen molar-refractivity contribution in [1.29, 1.82) is 0 Å². The largest absolute Gasteiger partial charge is 0.475 e. The molecular weight excluding hydrogens is 434 g/mol. The highest BCUT2D eigenvalue weighted by Crippen LogP contribution is 2.16. The fourth-order valence-electron chi connectivity index (χ4n) is 3.14. The van der Waals surface area contributed by atoms with Gasteiger partial charge in [0.25, 0.3) is 5.91 Å². The summed E-state index contributed by atoms with van der Waals surface area (Å²) in [6.45, 7) is 7.02. The first kappa shape index (κ1) is 25.7. The number of hydrogen-bond donors (Lipinski definition) is 1. The fraction of sp³-hybridized carbons (Fsp3) is 0.435. The van der Waals surface area contributed by atoms with Gasteiger partial charge in [0.15, 0.2) is 0 Å². The van der Waals surface area contributed by atoms with Gasteiger partial charge < -0.3 is 14.6 Å². The van der Waals surface area contributed by atoms with Gasteiger partial charge in [-0.15, -0.1) is 0 Å². The van der Waals surface area contributed by atoms with E-state index in [-0.39, 0.29) is 31.7 Å². The van der Waals surface area contributed by atoms with Gasteiger partial charge in [-0.25, -0.2) is 14.6 Å². The van der Waals surface area contributed by atoms with Gasteiger partial charge in [0.1, 0.15) is 13.2 Å². The van der Waals surface area contributed by atoms with Crippen LogP contribution in [0.2, 0.25) is 5.02 Å². The molecule has 0 fully saturated rings. The summed E-state index contributed by atoms with van der Waals surface area (Å²) in [7, 11) is 1.65. The Kier molecular flexibility index (Phi) is 10.1. The lowest BCUT2D eigenvalue weighted by Crippen LogP contribution is -3.12. The Hall–Kier alpha value is -2.52. The third kappa shape index (κ3) is 6.74. The van der Waals surface area contributed by atoms with Crippen LogP contribution in [-0.4, -0.2) is 67.9 Å². The van der Waals surface area contributed by atoms with E-state index in [4.69, 9.17) is 26.2 Å². The molecule has 174 valence electrons. The summed E-state index contributed by atoms with van der Waals surface area (Å²) in [5, 5.41) is 7.94. The third-order valence-electron chi connectivity index (χ3n) is 4.88. The van der Waals surface area contributed by atoms with E-state index in [1.807, 2.05) is 32.1 Å². The molecule has 1 heterocycles. The molecule has 0 spiro atoms. The number of amides is 3. The number of ether oxygens (including phenoxy) is 2. The van der Waals surface area contributed by atoms with Crippen molar-refractivity contribution in [1.82, 2.24) is 4.90 Å². The van der Waals surface area contributed by atoms with Gasteiger partial charge in [-0.1, -0.05) is 23.7 Å². The lowest BCUT2D eigenvalue weighted by atomic mass is 10.1. The van der Waals surface area contributed by atoms with Crippen LogP contribution in [0.15, 0.2) is 46.2 Å². The predicted molar refractivity (Wildman–Crippen MR) is 125 cm³/mol. The molecule has 32 heavy (non-hydrogen) atoms. The van der Waals surface area contributed by atoms with Crippen LogP contribution < -0.4 is 4.90 Å². The van der Waals surface area contributed by atoms with E-state index in [9.17, 15) is 9.59 Å². The summed E-state index contributed by atoms with van der Waals surface area (Å²) in [4.78, 5) is 31.7. The van der Waals surface area contributed by atoms with Gasteiger partial charge >= 0.3 is 6.03 Å². The van der Waals surface area contributed by atoms with Crippen LogP contribution in [0.25, 0.3) is 6.08 Å². The standard InChI is InChI=1S/C23H30ClN3O5/c1-5-31-13-14-32-21(16(2)15-18-7-9-19(24)10-8-18)25-20-17(3)22(29)27(11-6-12-28)23(30)26(20)4/h7-10,15,28H,5-6,11-14H2,1-4H3/p+2/b16-15-,25-21+. The minimum absolute atomic E-state index is 0.149. The van der Waals surface area contributed by atoms with Gasteiger partial charge in [0.05, 0.1) is 19.2 Å². The van der Waals surface area contributed by atoms with Crippen molar-refractivity contribution < 1.29 is 29.1 Å². The number of halogens is 1. The molecule has 1 atom stereocenters. The van der Waals surface area contributed by atoms with Crippen LogP contribution in [-0.2, 0) is 14.3 Å². The number of nitrogens with one attached hydrogen (secondary N) is 1. The Labute approximate surface area is 193 Å². The average Bonchev–Trinajstić information content (AvgIpc) is 2.78. The minimum Gasteiger partial charge on any atom is -0.475 e. The summed E-state index contributed by atoms with van der Waals surface area (Å²) in [5.74, 6) is 0.242. The van der Waals surface area contributed by atoms with Crippen molar-refractivity contribution in [3.05, 3.63) is 51.8 Å². The molecule has 0 radical (unpaired) electrons. The summed E-state index contributed by atoms with van der Waals surface area (Å²) in [5.41, 5.74) is 2.02. The van der Waals surface area contributed by atoms with Crippen molar-refractivity contribution in [3.63, 3.8) is 0 Å². The van der Waals surface area contributed by atoms with Crippen molar-refractivity contribution in [3.8, 4) is 0 Å². The zero-order chi connectivity index (χ0) is 23.7. The van der Waals surface area contributed by atoms with Crippen molar-refractivity contribution in [2.45, 2.75) is 27.2 Å². The second kappa shape index (κ2) is 12.5. The van der Waals surface area contributed by atoms with E-state index in [1.165, 1.54) is 4.90 Å². The Morgan fingerprint density at radius 2 is 1.94 bits per heavy atom. The van der Waals surface area contributed by atoms with E-state index >= 15 is 0 Å². The molecule has 1 aliphatic rings. The SMILES string of the molecule is CCOCCOC(=N/C1=C(C)C(=O)N(CCC[OH2+])C(=O)[NH+]1C)/C(C)=C\c1ccc(Cl)cc1. The average molecular weight is 466 g/mol. The molecule has 1 aromatic carbocycles. The van der Waals surface area contributed by atoms with Gasteiger partial charge in [-0.05, 0) is 44.5 Å². The van der Waals surface area contributed by atoms with Crippen LogP contribution in [0.5, 0.6) is 0 Å². The predicted octanol–water partition coefficient (Wildman–Crippen LogP) is 2.02. The number of quaternary nitrogens is 1. The topological polar surface area (TPSA) is 95.5 Å². The molecule has 0 aliphatic carbocycles. The number of hydrogen-bond acceptors (Lipinski definition) is 5. The first-order valence-electron chi connectivity index (χ1n) is 10.6. The van der Waals surface area contributed by atoms with Crippen LogP contribution in [0, 0.1) is 0 Å². The number of carbonyl (C=O) groups excluding carboxylic acids is 2. The fourth-order valence-corrected chi connectivity index (χ4v) is 3.26. The van der Waals surface area contributed by atoms with Crippen LogP contribution in [0.4, 0.5) is 4.79 Å². The maximum Gasteiger partial charge on any atom is 0.430 e. The van der Waals surface area contributed by atoms with Gasteiger partial charge in [-0.2, -0.15) is 4.99 Å². The number of nitrogens with zero attached hydrogens (tertiary/aromatic N) is 2. The van der Waals surface area contributed by atoms with E-state index in [0.29, 0.717) is 46.8 Å². The first-order valence-corrected chi connectivity index (χ1v) is 11.0. The van der Waals surface area contributed by atoms with E-state index in [0.717, 1.165) is 11.1 Å². The summed E-state index contributed by atoms with van der Waals surface area (Å²) in [6, 6.07) is 6.96. The number of urea groups is 1. The molecule has 9 heteroatoms. The molecule has 0 aromatic heterocycles. The molecule has 1 aromatic rings. The molecule has 0 bridgehead atoms. The second-order valence-electron chi connectivity index (χ2n) is 7.31. The number of rotatable bonds is 10. The summed E-state index contributed by atoms with van der Waals surface area (Å²) in [6.07, 6.45) is 2.33. The zero-order valence-electron chi connectivity index (χ0n) is 19.0.